The fourth-order valence-corrected chi connectivity index (χ4v) is 2.89. The Labute approximate surface area is 79.7 Å². The van der Waals surface area contributed by atoms with Gasteiger partial charge in [-0.05, 0) is 25.9 Å². The van der Waals surface area contributed by atoms with Crippen LogP contribution in [0.3, 0.4) is 0 Å². The quantitative estimate of drug-likeness (QED) is 0.573. The Balaban J connectivity index is 3.81. The van der Waals surface area contributed by atoms with Gasteiger partial charge in [0, 0.05) is 0 Å². The standard InChI is InChI=1S/C10H23NSi/c1-5-10(6-2)9-12-11(7-3)8-4/h9H,5-8,12H2,1-4H3. The molecule has 0 aliphatic carbocycles. The number of allylic oxidation sites excluding steroid dienone is 1. The van der Waals surface area contributed by atoms with Crippen molar-refractivity contribution in [3.63, 3.8) is 0 Å². The van der Waals surface area contributed by atoms with E-state index in [1.807, 2.05) is 0 Å². The summed E-state index contributed by atoms with van der Waals surface area (Å²) >= 11 is 0. The predicted octanol–water partition coefficient (Wildman–Crippen LogP) is 2.12. The van der Waals surface area contributed by atoms with Crippen LogP contribution < -0.4 is 0 Å². The minimum absolute atomic E-state index is 0.0729. The van der Waals surface area contributed by atoms with Crippen molar-refractivity contribution in [2.75, 3.05) is 13.1 Å². The third-order valence-corrected chi connectivity index (χ3v) is 4.61. The zero-order valence-corrected chi connectivity index (χ0v) is 10.5. The number of nitrogens with zero attached hydrogens (tertiary/aromatic N) is 1. The van der Waals surface area contributed by atoms with E-state index in [4.69, 9.17) is 0 Å². The summed E-state index contributed by atoms with van der Waals surface area (Å²) in [6.07, 6.45) is 2.48. The van der Waals surface area contributed by atoms with Gasteiger partial charge in [-0.15, -0.1) is 0 Å². The van der Waals surface area contributed by atoms with E-state index >= 15 is 0 Å². The second kappa shape index (κ2) is 7.56. The molecule has 0 bridgehead atoms. The molecule has 0 radical (unpaired) electrons. The van der Waals surface area contributed by atoms with E-state index in [1.165, 1.54) is 25.9 Å². The molecule has 72 valence electrons. The van der Waals surface area contributed by atoms with E-state index in [-0.39, 0.29) is 9.68 Å². The Morgan fingerprint density at radius 1 is 1.08 bits per heavy atom. The lowest BCUT2D eigenvalue weighted by molar-refractivity contribution is 0.498. The maximum atomic E-state index is 2.57. The Morgan fingerprint density at radius 3 is 1.92 bits per heavy atom. The van der Waals surface area contributed by atoms with Crippen molar-refractivity contribution in [2.24, 2.45) is 0 Å². The predicted molar refractivity (Wildman–Crippen MR) is 60.1 cm³/mol. The normalized spacial score (nSPS) is 11.4. The van der Waals surface area contributed by atoms with Gasteiger partial charge in [0.2, 0.25) is 0 Å². The number of rotatable bonds is 6. The summed E-state index contributed by atoms with van der Waals surface area (Å²) in [5.41, 5.74) is 4.17. The lowest BCUT2D eigenvalue weighted by Gasteiger charge is -2.15. The molecule has 0 amide bonds. The molecule has 0 rings (SSSR count). The average molecular weight is 185 g/mol. The highest BCUT2D eigenvalue weighted by molar-refractivity contribution is 6.38. The average Bonchev–Trinajstić information content (AvgIpc) is 2.13. The van der Waals surface area contributed by atoms with Crippen molar-refractivity contribution in [2.45, 2.75) is 40.5 Å². The minimum atomic E-state index is -0.0729. The SMILES string of the molecule is CCC(=C[SiH2]N(CC)CC)CC. The van der Waals surface area contributed by atoms with Gasteiger partial charge in [-0.25, -0.2) is 0 Å². The summed E-state index contributed by atoms with van der Waals surface area (Å²) in [7, 11) is -0.0729. The van der Waals surface area contributed by atoms with Crippen molar-refractivity contribution in [3.05, 3.63) is 11.3 Å². The zero-order valence-electron chi connectivity index (χ0n) is 9.06. The molecule has 0 saturated carbocycles. The molecule has 0 saturated heterocycles. The monoisotopic (exact) mass is 185 g/mol. The molecule has 0 aromatic rings. The molecule has 0 aliphatic heterocycles. The van der Waals surface area contributed by atoms with E-state index in [9.17, 15) is 0 Å². The highest BCUT2D eigenvalue weighted by Crippen LogP contribution is 2.04. The number of hydrogen-bond acceptors (Lipinski definition) is 1. The molecule has 0 unspecified atom stereocenters. The van der Waals surface area contributed by atoms with Crippen LogP contribution in [0.5, 0.6) is 0 Å². The van der Waals surface area contributed by atoms with Gasteiger partial charge in [-0.2, -0.15) is 0 Å². The lowest BCUT2D eigenvalue weighted by atomic mass is 10.2. The summed E-state index contributed by atoms with van der Waals surface area (Å²) < 4.78 is 2.57. The Morgan fingerprint density at radius 2 is 1.58 bits per heavy atom. The molecule has 0 heterocycles. The summed E-state index contributed by atoms with van der Waals surface area (Å²) in [6, 6.07) is 0. The van der Waals surface area contributed by atoms with Crippen molar-refractivity contribution in [3.8, 4) is 0 Å². The van der Waals surface area contributed by atoms with Gasteiger partial charge in [0.25, 0.3) is 0 Å². The first-order valence-corrected chi connectivity index (χ1v) is 6.63. The van der Waals surface area contributed by atoms with Crippen molar-refractivity contribution < 1.29 is 0 Å². The molecule has 0 aromatic carbocycles. The minimum Gasteiger partial charge on any atom is -0.326 e. The second-order valence-electron chi connectivity index (χ2n) is 3.06. The maximum Gasteiger partial charge on any atom is 0.119 e. The van der Waals surface area contributed by atoms with E-state index in [0.717, 1.165) is 0 Å². The Hall–Kier alpha value is -0.0831. The molecule has 12 heavy (non-hydrogen) atoms. The Kier molecular flexibility index (Phi) is 7.51. The van der Waals surface area contributed by atoms with Gasteiger partial charge in [-0.1, -0.05) is 39.0 Å². The van der Waals surface area contributed by atoms with Gasteiger partial charge in [-0.3, -0.25) is 0 Å². The summed E-state index contributed by atoms with van der Waals surface area (Å²) in [5.74, 6) is 0. The highest BCUT2D eigenvalue weighted by Gasteiger charge is 1.96. The molecule has 0 atom stereocenters. The highest BCUT2D eigenvalue weighted by atomic mass is 28.2. The first-order valence-electron chi connectivity index (χ1n) is 5.18. The zero-order chi connectivity index (χ0) is 9.40. The summed E-state index contributed by atoms with van der Waals surface area (Å²) in [5, 5.41) is 0. The molecule has 1 nitrogen and oxygen atoms in total. The van der Waals surface area contributed by atoms with Gasteiger partial charge >= 0.3 is 0 Å². The third kappa shape index (κ3) is 4.73. The fourth-order valence-electron chi connectivity index (χ4n) is 1.28. The van der Waals surface area contributed by atoms with Crippen LogP contribution in [0.2, 0.25) is 0 Å². The van der Waals surface area contributed by atoms with Crippen molar-refractivity contribution in [1.82, 2.24) is 4.57 Å². The van der Waals surface area contributed by atoms with Gasteiger partial charge in [0.05, 0.1) is 0 Å². The molecule has 2 heteroatoms. The molecular weight excluding hydrogens is 162 g/mol. The lowest BCUT2D eigenvalue weighted by Crippen LogP contribution is -2.26. The summed E-state index contributed by atoms with van der Waals surface area (Å²) in [6.45, 7) is 11.5. The van der Waals surface area contributed by atoms with Gasteiger partial charge in [0.1, 0.15) is 9.68 Å². The molecule has 0 aliphatic rings. The van der Waals surface area contributed by atoms with Crippen LogP contribution >= 0.6 is 0 Å². The van der Waals surface area contributed by atoms with Crippen LogP contribution in [-0.4, -0.2) is 27.3 Å². The molecule has 0 N–H and O–H groups in total. The number of hydrogen-bond donors (Lipinski definition) is 0. The first-order chi connectivity index (χ1) is 5.78. The van der Waals surface area contributed by atoms with Crippen LogP contribution in [0.25, 0.3) is 0 Å². The van der Waals surface area contributed by atoms with E-state index < -0.39 is 0 Å². The molecular formula is C10H23NSi. The van der Waals surface area contributed by atoms with Crippen molar-refractivity contribution >= 4 is 9.68 Å². The topological polar surface area (TPSA) is 3.24 Å². The fraction of sp³-hybridized carbons (Fsp3) is 0.800. The van der Waals surface area contributed by atoms with E-state index in [0.29, 0.717) is 0 Å². The third-order valence-electron chi connectivity index (χ3n) is 2.44. The van der Waals surface area contributed by atoms with E-state index in [1.54, 1.807) is 5.57 Å². The van der Waals surface area contributed by atoms with Crippen LogP contribution in [-0.2, 0) is 0 Å². The van der Waals surface area contributed by atoms with Crippen LogP contribution in [0.4, 0.5) is 0 Å². The second-order valence-corrected chi connectivity index (χ2v) is 4.72. The van der Waals surface area contributed by atoms with Crippen LogP contribution in [0.1, 0.15) is 40.5 Å². The molecule has 0 fully saturated rings. The van der Waals surface area contributed by atoms with E-state index in [2.05, 4.69) is 38.0 Å². The Bertz CT molecular complexity index is 122. The molecule has 0 spiro atoms. The maximum absolute atomic E-state index is 2.57. The van der Waals surface area contributed by atoms with Gasteiger partial charge in [0.15, 0.2) is 0 Å². The summed E-state index contributed by atoms with van der Waals surface area (Å²) in [4.78, 5) is 0. The smallest absolute Gasteiger partial charge is 0.119 e. The first kappa shape index (κ1) is 11.9. The van der Waals surface area contributed by atoms with Crippen LogP contribution in [0, 0.1) is 0 Å². The molecule has 0 aromatic heterocycles. The van der Waals surface area contributed by atoms with Gasteiger partial charge < -0.3 is 4.57 Å². The van der Waals surface area contributed by atoms with Crippen LogP contribution in [0.15, 0.2) is 11.3 Å². The van der Waals surface area contributed by atoms with Crippen molar-refractivity contribution in [1.29, 1.82) is 0 Å². The largest absolute Gasteiger partial charge is 0.326 e.